The maximum Gasteiger partial charge on any atom is 0.225 e. The van der Waals surface area contributed by atoms with E-state index in [0.29, 0.717) is 29.4 Å². The molecule has 0 heterocycles. The van der Waals surface area contributed by atoms with E-state index in [1.165, 1.54) is 0 Å². The first-order chi connectivity index (χ1) is 11.1. The van der Waals surface area contributed by atoms with Crippen LogP contribution in [0, 0.1) is 0 Å². The number of benzene rings is 2. The van der Waals surface area contributed by atoms with Crippen molar-refractivity contribution in [1.82, 2.24) is 0 Å². The minimum Gasteiger partial charge on any atom is -0.497 e. The third-order valence-corrected chi connectivity index (χ3v) is 4.13. The highest BCUT2D eigenvalue weighted by Crippen LogP contribution is 2.26. The van der Waals surface area contributed by atoms with Gasteiger partial charge in [-0.1, -0.05) is 0 Å². The van der Waals surface area contributed by atoms with Crippen LogP contribution in [-0.4, -0.2) is 25.9 Å². The third kappa shape index (κ3) is 5.41. The Labute approximate surface area is 140 Å². The Morgan fingerprint density at radius 3 is 2.26 bits per heavy atom. The van der Waals surface area contributed by atoms with Crippen LogP contribution in [0.15, 0.2) is 47.4 Å². The van der Waals surface area contributed by atoms with Crippen molar-refractivity contribution < 1.29 is 14.3 Å². The van der Waals surface area contributed by atoms with Gasteiger partial charge in [-0.2, -0.15) is 0 Å². The van der Waals surface area contributed by atoms with Gasteiger partial charge in [0.2, 0.25) is 5.91 Å². The molecule has 0 bridgehead atoms. The number of methoxy groups -OCH3 is 2. The highest BCUT2D eigenvalue weighted by molar-refractivity contribution is 7.99. The van der Waals surface area contributed by atoms with Gasteiger partial charge in [-0.3, -0.25) is 4.79 Å². The zero-order valence-corrected chi connectivity index (χ0v) is 14.0. The number of amides is 1. The number of rotatable bonds is 7. The maximum absolute atomic E-state index is 12.0. The van der Waals surface area contributed by atoms with Crippen molar-refractivity contribution in [3.05, 3.63) is 42.5 Å². The van der Waals surface area contributed by atoms with Gasteiger partial charge in [-0.15, -0.1) is 11.8 Å². The first-order valence-electron chi connectivity index (χ1n) is 7.12. The molecule has 23 heavy (non-hydrogen) atoms. The molecule has 0 saturated heterocycles. The molecule has 0 aliphatic carbocycles. The Kier molecular flexibility index (Phi) is 6.17. The summed E-state index contributed by atoms with van der Waals surface area (Å²) < 4.78 is 10.4. The fraction of sp³-hybridized carbons (Fsp3) is 0.235. The highest BCUT2D eigenvalue weighted by Gasteiger charge is 2.06. The van der Waals surface area contributed by atoms with E-state index in [1.807, 2.05) is 24.3 Å². The molecule has 2 aromatic rings. The molecule has 0 atom stereocenters. The molecule has 6 heteroatoms. The highest BCUT2D eigenvalue weighted by atomic mass is 32.2. The van der Waals surface area contributed by atoms with E-state index in [-0.39, 0.29) is 5.91 Å². The number of carbonyl (C=O) groups is 1. The molecule has 3 N–H and O–H groups in total. The molecule has 0 spiro atoms. The summed E-state index contributed by atoms with van der Waals surface area (Å²) in [6, 6.07) is 12.9. The van der Waals surface area contributed by atoms with Crippen molar-refractivity contribution in [2.75, 3.05) is 31.0 Å². The number of carbonyl (C=O) groups excluding carboxylic acids is 1. The predicted molar refractivity (Wildman–Crippen MR) is 94.4 cm³/mol. The van der Waals surface area contributed by atoms with Gasteiger partial charge in [0, 0.05) is 46.6 Å². The number of hydrogen-bond donors (Lipinski definition) is 2. The summed E-state index contributed by atoms with van der Waals surface area (Å²) in [5, 5.41) is 2.85. The summed E-state index contributed by atoms with van der Waals surface area (Å²) in [5.74, 6) is 1.91. The van der Waals surface area contributed by atoms with Crippen LogP contribution >= 0.6 is 11.8 Å². The zero-order valence-electron chi connectivity index (χ0n) is 13.2. The Morgan fingerprint density at radius 2 is 1.70 bits per heavy atom. The van der Waals surface area contributed by atoms with Crippen LogP contribution in [0.25, 0.3) is 0 Å². The summed E-state index contributed by atoms with van der Waals surface area (Å²) in [6.07, 6.45) is 0.411. The second-order valence-electron chi connectivity index (χ2n) is 4.82. The lowest BCUT2D eigenvalue weighted by Gasteiger charge is -2.10. The van der Waals surface area contributed by atoms with Crippen molar-refractivity contribution >= 4 is 29.0 Å². The summed E-state index contributed by atoms with van der Waals surface area (Å²) in [6.45, 7) is 0. The quantitative estimate of drug-likeness (QED) is 0.600. The van der Waals surface area contributed by atoms with Crippen LogP contribution < -0.4 is 20.5 Å². The van der Waals surface area contributed by atoms with E-state index in [0.717, 1.165) is 10.6 Å². The Bertz CT molecular complexity index is 637. The predicted octanol–water partition coefficient (Wildman–Crippen LogP) is 3.41. The minimum atomic E-state index is -0.0525. The average molecular weight is 332 g/mol. The molecular weight excluding hydrogens is 312 g/mol. The molecule has 5 nitrogen and oxygen atoms in total. The first-order valence-corrected chi connectivity index (χ1v) is 8.10. The first kappa shape index (κ1) is 17.0. The van der Waals surface area contributed by atoms with Gasteiger partial charge in [0.15, 0.2) is 0 Å². The van der Waals surface area contributed by atoms with E-state index in [1.54, 1.807) is 44.2 Å². The summed E-state index contributed by atoms with van der Waals surface area (Å²) in [4.78, 5) is 13.1. The van der Waals surface area contributed by atoms with Crippen LogP contribution in [0.1, 0.15) is 6.42 Å². The number of nitrogens with two attached hydrogens (primary N) is 1. The summed E-state index contributed by atoms with van der Waals surface area (Å²) in [5.41, 5.74) is 7.03. The van der Waals surface area contributed by atoms with Crippen molar-refractivity contribution in [3.8, 4) is 11.5 Å². The van der Waals surface area contributed by atoms with Crippen LogP contribution in [0.4, 0.5) is 11.4 Å². The molecule has 2 aromatic carbocycles. The molecular formula is C17H20N2O3S. The fourth-order valence-electron chi connectivity index (χ4n) is 1.93. The number of nitrogen functional groups attached to an aromatic ring is 1. The third-order valence-electron chi connectivity index (χ3n) is 3.11. The summed E-state index contributed by atoms with van der Waals surface area (Å²) >= 11 is 1.62. The van der Waals surface area contributed by atoms with Crippen LogP contribution in [0.2, 0.25) is 0 Å². The number of thioether (sulfide) groups is 1. The summed E-state index contributed by atoms with van der Waals surface area (Å²) in [7, 11) is 3.15. The SMILES string of the molecule is COc1cc(NC(=O)CCSc2ccc(N)cc2)cc(OC)c1. The van der Waals surface area contributed by atoms with E-state index < -0.39 is 0 Å². The van der Waals surface area contributed by atoms with Crippen molar-refractivity contribution in [2.45, 2.75) is 11.3 Å². The second kappa shape index (κ2) is 8.33. The normalized spacial score (nSPS) is 10.2. The van der Waals surface area contributed by atoms with Crippen LogP contribution in [-0.2, 0) is 4.79 Å². The van der Waals surface area contributed by atoms with Crippen molar-refractivity contribution in [2.24, 2.45) is 0 Å². The number of nitrogens with one attached hydrogen (secondary N) is 1. The molecule has 0 saturated carbocycles. The lowest BCUT2D eigenvalue weighted by atomic mass is 10.2. The molecule has 0 aromatic heterocycles. The number of ether oxygens (including phenoxy) is 2. The molecule has 122 valence electrons. The molecule has 0 fully saturated rings. The standard InChI is InChI=1S/C17H20N2O3S/c1-21-14-9-13(10-15(11-14)22-2)19-17(20)7-8-23-16-5-3-12(18)4-6-16/h3-6,9-11H,7-8,18H2,1-2H3,(H,19,20). The van der Waals surface area contributed by atoms with Crippen molar-refractivity contribution in [3.63, 3.8) is 0 Å². The Morgan fingerprint density at radius 1 is 1.09 bits per heavy atom. The van der Waals surface area contributed by atoms with Gasteiger partial charge in [0.25, 0.3) is 0 Å². The fourth-order valence-corrected chi connectivity index (χ4v) is 2.78. The topological polar surface area (TPSA) is 73.6 Å². The molecule has 0 aliphatic rings. The molecule has 2 rings (SSSR count). The molecule has 1 amide bonds. The largest absolute Gasteiger partial charge is 0.497 e. The zero-order chi connectivity index (χ0) is 16.7. The maximum atomic E-state index is 12.0. The van der Waals surface area contributed by atoms with Gasteiger partial charge in [0.1, 0.15) is 11.5 Å². The lowest BCUT2D eigenvalue weighted by molar-refractivity contribution is -0.115. The molecule has 0 aliphatic heterocycles. The van der Waals surface area contributed by atoms with Gasteiger partial charge < -0.3 is 20.5 Å². The monoisotopic (exact) mass is 332 g/mol. The van der Waals surface area contributed by atoms with Gasteiger partial charge in [-0.25, -0.2) is 0 Å². The van der Waals surface area contributed by atoms with Gasteiger partial charge in [0.05, 0.1) is 14.2 Å². The van der Waals surface area contributed by atoms with E-state index >= 15 is 0 Å². The molecule has 0 radical (unpaired) electrons. The number of hydrogen-bond acceptors (Lipinski definition) is 5. The van der Waals surface area contributed by atoms with E-state index in [4.69, 9.17) is 15.2 Å². The van der Waals surface area contributed by atoms with Gasteiger partial charge >= 0.3 is 0 Å². The molecule has 0 unspecified atom stereocenters. The number of anilines is 2. The smallest absolute Gasteiger partial charge is 0.225 e. The Hall–Kier alpha value is -2.34. The minimum absolute atomic E-state index is 0.0525. The van der Waals surface area contributed by atoms with E-state index in [2.05, 4.69) is 5.32 Å². The van der Waals surface area contributed by atoms with Crippen molar-refractivity contribution in [1.29, 1.82) is 0 Å². The second-order valence-corrected chi connectivity index (χ2v) is 5.99. The van der Waals surface area contributed by atoms with E-state index in [9.17, 15) is 4.79 Å². The van der Waals surface area contributed by atoms with Crippen LogP contribution in [0.5, 0.6) is 11.5 Å². The Balaban J connectivity index is 1.85. The van der Waals surface area contributed by atoms with Crippen LogP contribution in [0.3, 0.4) is 0 Å². The van der Waals surface area contributed by atoms with Gasteiger partial charge in [-0.05, 0) is 24.3 Å². The average Bonchev–Trinajstić information content (AvgIpc) is 2.56. The lowest BCUT2D eigenvalue weighted by Crippen LogP contribution is -2.12.